The molecule has 1 aliphatic heterocycles. The predicted molar refractivity (Wildman–Crippen MR) is 60.9 cm³/mol. The average molecular weight is 219 g/mol. The number of rotatable bonds is 3. The van der Waals surface area contributed by atoms with Gasteiger partial charge in [0.05, 0.1) is 0 Å². The molecule has 4 heteroatoms. The van der Waals surface area contributed by atoms with Crippen LogP contribution in [0.2, 0.25) is 0 Å². The van der Waals surface area contributed by atoms with Crippen molar-refractivity contribution in [1.29, 1.82) is 0 Å². The van der Waals surface area contributed by atoms with Crippen molar-refractivity contribution in [2.45, 2.75) is 26.0 Å². The fourth-order valence-electron chi connectivity index (χ4n) is 1.44. The van der Waals surface area contributed by atoms with Crippen LogP contribution in [0.25, 0.3) is 0 Å². The number of nitrogens with zero attached hydrogens (tertiary/aromatic N) is 1. The van der Waals surface area contributed by atoms with Gasteiger partial charge in [-0.15, -0.1) is 11.7 Å². The van der Waals surface area contributed by atoms with E-state index in [-0.39, 0.29) is 11.8 Å². The number of amides is 1. The van der Waals surface area contributed by atoms with Crippen molar-refractivity contribution < 1.29 is 4.79 Å². The number of thiol groups is 1. The molecule has 1 rings (SSSR count). The highest BCUT2D eigenvalue weighted by molar-refractivity contribution is 8.68. The summed E-state index contributed by atoms with van der Waals surface area (Å²) in [5.74, 6) is 1.07. The van der Waals surface area contributed by atoms with Crippen LogP contribution in [0.5, 0.6) is 0 Å². The summed E-state index contributed by atoms with van der Waals surface area (Å²) in [4.78, 5) is 13.4. The minimum absolute atomic E-state index is 0.139. The Morgan fingerprint density at radius 1 is 1.46 bits per heavy atom. The summed E-state index contributed by atoms with van der Waals surface area (Å²) in [7, 11) is 1.59. The Hall–Kier alpha value is 0.170. The van der Waals surface area contributed by atoms with Crippen LogP contribution in [0.1, 0.15) is 20.8 Å². The molecule has 76 valence electrons. The van der Waals surface area contributed by atoms with Crippen molar-refractivity contribution in [3.63, 3.8) is 0 Å². The molecule has 0 aliphatic carbocycles. The lowest BCUT2D eigenvalue weighted by molar-refractivity contribution is -0.140. The van der Waals surface area contributed by atoms with Crippen LogP contribution in [0.4, 0.5) is 0 Å². The van der Waals surface area contributed by atoms with Crippen molar-refractivity contribution in [2.24, 2.45) is 11.8 Å². The summed E-state index contributed by atoms with van der Waals surface area (Å²) in [5, 5.41) is 0.555. The Bertz CT molecular complexity index is 190. The minimum Gasteiger partial charge on any atom is -0.342 e. The summed E-state index contributed by atoms with van der Waals surface area (Å²) in [6.45, 7) is 7.91. The number of hydrogen-bond donors (Lipinski definition) is 1. The molecule has 0 spiro atoms. The second-order valence-electron chi connectivity index (χ2n) is 3.97. The van der Waals surface area contributed by atoms with E-state index in [0.29, 0.717) is 11.2 Å². The molecule has 1 atom stereocenters. The molecule has 0 saturated carbocycles. The van der Waals surface area contributed by atoms with Gasteiger partial charge in [-0.25, -0.2) is 0 Å². The second kappa shape index (κ2) is 4.60. The molecule has 0 aromatic heterocycles. The molecule has 1 heterocycles. The van der Waals surface area contributed by atoms with Gasteiger partial charge in [-0.2, -0.15) is 0 Å². The molecule has 13 heavy (non-hydrogen) atoms. The van der Waals surface area contributed by atoms with Gasteiger partial charge in [0.15, 0.2) is 0 Å². The molecule has 0 aromatic carbocycles. The molecule has 1 unspecified atom stereocenters. The highest BCUT2D eigenvalue weighted by Crippen LogP contribution is 2.30. The van der Waals surface area contributed by atoms with Crippen molar-refractivity contribution in [3.05, 3.63) is 0 Å². The Morgan fingerprint density at radius 3 is 2.38 bits per heavy atom. The van der Waals surface area contributed by atoms with E-state index in [1.807, 2.05) is 18.7 Å². The van der Waals surface area contributed by atoms with Gasteiger partial charge in [0.25, 0.3) is 0 Å². The van der Waals surface area contributed by atoms with Crippen molar-refractivity contribution >= 4 is 28.4 Å². The van der Waals surface area contributed by atoms with E-state index in [1.54, 1.807) is 10.8 Å². The van der Waals surface area contributed by atoms with Gasteiger partial charge in [-0.3, -0.25) is 4.79 Å². The lowest BCUT2D eigenvalue weighted by Gasteiger charge is -2.42. The van der Waals surface area contributed by atoms with E-state index in [1.165, 1.54) is 0 Å². The summed E-state index contributed by atoms with van der Waals surface area (Å²) in [6.07, 6.45) is 0. The van der Waals surface area contributed by atoms with E-state index >= 15 is 0 Å². The lowest BCUT2D eigenvalue weighted by atomic mass is 9.95. The predicted octanol–water partition coefficient (Wildman–Crippen LogP) is 2.07. The summed E-state index contributed by atoms with van der Waals surface area (Å²) < 4.78 is 0. The Morgan fingerprint density at radius 2 is 2.00 bits per heavy atom. The smallest absolute Gasteiger partial charge is 0.225 e. The van der Waals surface area contributed by atoms with E-state index in [4.69, 9.17) is 0 Å². The third-order valence-electron chi connectivity index (χ3n) is 2.55. The zero-order valence-corrected chi connectivity index (χ0v) is 10.1. The molecule has 0 radical (unpaired) electrons. The van der Waals surface area contributed by atoms with Crippen LogP contribution in [0.15, 0.2) is 0 Å². The Balaban J connectivity index is 2.29. The average Bonchev–Trinajstić information content (AvgIpc) is 2.00. The monoisotopic (exact) mass is 219 g/mol. The van der Waals surface area contributed by atoms with E-state index in [2.05, 4.69) is 18.6 Å². The minimum atomic E-state index is 0.139. The lowest BCUT2D eigenvalue weighted by Crippen LogP contribution is -2.54. The molecule has 2 nitrogen and oxygen atoms in total. The summed E-state index contributed by atoms with van der Waals surface area (Å²) in [6, 6.07) is 0. The number of hydrogen-bond acceptors (Lipinski definition) is 3. The fraction of sp³-hybridized carbons (Fsp3) is 0.889. The first-order valence-electron chi connectivity index (χ1n) is 4.65. The molecular weight excluding hydrogens is 202 g/mol. The first-order chi connectivity index (χ1) is 6.06. The first-order valence-corrected chi connectivity index (χ1v) is 6.58. The second-order valence-corrected chi connectivity index (χ2v) is 5.56. The maximum Gasteiger partial charge on any atom is 0.225 e. The van der Waals surface area contributed by atoms with Crippen LogP contribution >= 0.6 is 22.5 Å². The third-order valence-corrected chi connectivity index (χ3v) is 4.26. The molecular formula is C9H17NOS2. The van der Waals surface area contributed by atoms with Gasteiger partial charge in [0.2, 0.25) is 5.91 Å². The number of carbonyl (C=O) groups excluding carboxylic acids is 1. The van der Waals surface area contributed by atoms with Crippen molar-refractivity contribution in [2.75, 3.05) is 13.1 Å². The van der Waals surface area contributed by atoms with Crippen LogP contribution in [-0.2, 0) is 4.79 Å². The van der Waals surface area contributed by atoms with Crippen LogP contribution in [0, 0.1) is 11.8 Å². The quantitative estimate of drug-likeness (QED) is 0.579. The highest BCUT2D eigenvalue weighted by atomic mass is 33.1. The van der Waals surface area contributed by atoms with Crippen molar-refractivity contribution in [3.8, 4) is 0 Å². The Labute approximate surface area is 89.3 Å². The van der Waals surface area contributed by atoms with Gasteiger partial charge in [-0.05, 0) is 0 Å². The largest absolute Gasteiger partial charge is 0.342 e. The summed E-state index contributed by atoms with van der Waals surface area (Å²) >= 11 is 4.18. The molecule has 1 amide bonds. The van der Waals surface area contributed by atoms with Gasteiger partial charge in [0.1, 0.15) is 0 Å². The zero-order chi connectivity index (χ0) is 10.0. The van der Waals surface area contributed by atoms with E-state index < -0.39 is 0 Å². The highest BCUT2D eigenvalue weighted by Gasteiger charge is 2.34. The Kier molecular flexibility index (Phi) is 3.98. The maximum atomic E-state index is 11.5. The topological polar surface area (TPSA) is 20.3 Å². The standard InChI is InChI=1S/C9H17NOS2/c1-6(2)9(11)10-4-8(5-10)7(3)13-12/h6-8,12H,4-5H2,1-3H3. The fourth-order valence-corrected chi connectivity index (χ4v) is 2.30. The molecule has 1 aliphatic rings. The van der Waals surface area contributed by atoms with E-state index in [9.17, 15) is 4.79 Å². The van der Waals surface area contributed by atoms with Crippen LogP contribution < -0.4 is 0 Å². The molecule has 0 N–H and O–H groups in total. The molecule has 0 aromatic rings. The van der Waals surface area contributed by atoms with Gasteiger partial charge >= 0.3 is 0 Å². The SMILES string of the molecule is CC(C)C(=O)N1CC(C(C)SS)C1. The van der Waals surface area contributed by atoms with Gasteiger partial charge in [0, 0.05) is 30.2 Å². The van der Waals surface area contributed by atoms with Crippen LogP contribution in [-0.4, -0.2) is 29.1 Å². The van der Waals surface area contributed by atoms with Gasteiger partial charge < -0.3 is 4.90 Å². The third kappa shape index (κ3) is 2.56. The molecule has 1 saturated heterocycles. The van der Waals surface area contributed by atoms with Crippen molar-refractivity contribution in [1.82, 2.24) is 4.90 Å². The number of carbonyl (C=O) groups is 1. The first kappa shape index (κ1) is 11.2. The normalized spacial score (nSPS) is 20.2. The maximum absolute atomic E-state index is 11.5. The summed E-state index contributed by atoms with van der Waals surface area (Å²) in [5.41, 5.74) is 0. The van der Waals surface area contributed by atoms with Gasteiger partial charge in [-0.1, -0.05) is 31.6 Å². The molecule has 1 fully saturated rings. The zero-order valence-electron chi connectivity index (χ0n) is 8.36. The molecule has 0 bridgehead atoms. The van der Waals surface area contributed by atoms with Crippen LogP contribution in [0.3, 0.4) is 0 Å². The number of likely N-dealkylation sites (tertiary alicyclic amines) is 1. The van der Waals surface area contributed by atoms with E-state index in [0.717, 1.165) is 13.1 Å².